The van der Waals surface area contributed by atoms with Crippen LogP contribution in [-0.2, 0) is 0 Å². The molecule has 0 spiro atoms. The van der Waals surface area contributed by atoms with Gasteiger partial charge in [0, 0.05) is 4.47 Å². The lowest BCUT2D eigenvalue weighted by Crippen LogP contribution is -1.75. The maximum Gasteiger partial charge on any atom is 0.0175 e. The van der Waals surface area contributed by atoms with Crippen molar-refractivity contribution in [2.24, 2.45) is 0 Å². The van der Waals surface area contributed by atoms with Gasteiger partial charge in [-0.2, -0.15) is 0 Å². The summed E-state index contributed by atoms with van der Waals surface area (Å²) in [6.07, 6.45) is 4.28. The molecule has 3 aromatic carbocycles. The maximum absolute atomic E-state index is 3.44. The van der Waals surface area contributed by atoms with Gasteiger partial charge in [0.25, 0.3) is 0 Å². The first-order chi connectivity index (χ1) is 9.31. The summed E-state index contributed by atoms with van der Waals surface area (Å²) in [4.78, 5) is 0. The van der Waals surface area contributed by atoms with E-state index in [9.17, 15) is 0 Å². The van der Waals surface area contributed by atoms with Crippen LogP contribution in [0.2, 0.25) is 0 Å². The zero-order valence-corrected chi connectivity index (χ0v) is 12.0. The first kappa shape index (κ1) is 12.2. The van der Waals surface area contributed by atoms with E-state index >= 15 is 0 Å². The smallest absolute Gasteiger partial charge is 0.0175 e. The van der Waals surface area contributed by atoms with E-state index in [1.54, 1.807) is 0 Å². The van der Waals surface area contributed by atoms with Crippen molar-refractivity contribution in [3.63, 3.8) is 0 Å². The summed E-state index contributed by atoms with van der Waals surface area (Å²) in [6, 6.07) is 23.3. The van der Waals surface area contributed by atoms with Gasteiger partial charge in [-0.15, -0.1) is 0 Å². The van der Waals surface area contributed by atoms with Crippen molar-refractivity contribution >= 4 is 38.9 Å². The lowest BCUT2D eigenvalue weighted by Gasteiger charge is -1.99. The number of hydrogen-bond donors (Lipinski definition) is 0. The second kappa shape index (κ2) is 5.41. The van der Waals surface area contributed by atoms with E-state index in [4.69, 9.17) is 0 Å². The lowest BCUT2D eigenvalue weighted by molar-refractivity contribution is 1.61. The first-order valence-electron chi connectivity index (χ1n) is 6.24. The van der Waals surface area contributed by atoms with E-state index < -0.39 is 0 Å². The average molecular weight is 309 g/mol. The fourth-order valence-corrected chi connectivity index (χ4v) is 2.34. The Morgan fingerprint density at radius 2 is 1.26 bits per heavy atom. The third-order valence-electron chi connectivity index (χ3n) is 3.11. The highest BCUT2D eigenvalue weighted by Crippen LogP contribution is 2.18. The molecular formula is C18H13Br. The topological polar surface area (TPSA) is 0 Å². The molecule has 0 saturated heterocycles. The molecule has 92 valence electrons. The Hall–Kier alpha value is -1.86. The SMILES string of the molecule is Brc1ccc(C=Cc2ccc3ccccc3c2)cc1. The van der Waals surface area contributed by atoms with Crippen LogP contribution in [0, 0.1) is 0 Å². The molecule has 0 nitrogen and oxygen atoms in total. The van der Waals surface area contributed by atoms with Crippen LogP contribution in [0.5, 0.6) is 0 Å². The minimum Gasteiger partial charge on any atom is -0.0616 e. The zero-order valence-electron chi connectivity index (χ0n) is 10.4. The molecule has 0 aliphatic carbocycles. The van der Waals surface area contributed by atoms with Gasteiger partial charge in [-0.25, -0.2) is 0 Å². The molecule has 0 fully saturated rings. The summed E-state index contributed by atoms with van der Waals surface area (Å²) in [5, 5.41) is 2.56. The largest absolute Gasteiger partial charge is 0.0616 e. The zero-order chi connectivity index (χ0) is 13.1. The lowest BCUT2D eigenvalue weighted by atomic mass is 10.1. The van der Waals surface area contributed by atoms with E-state index in [0.29, 0.717) is 0 Å². The molecule has 3 aromatic rings. The molecule has 1 heteroatoms. The van der Waals surface area contributed by atoms with Crippen LogP contribution in [0.4, 0.5) is 0 Å². The maximum atomic E-state index is 3.44. The Morgan fingerprint density at radius 3 is 2.05 bits per heavy atom. The van der Waals surface area contributed by atoms with Crippen LogP contribution in [0.1, 0.15) is 11.1 Å². The van der Waals surface area contributed by atoms with E-state index in [2.05, 4.69) is 94.8 Å². The molecule has 0 saturated carbocycles. The predicted molar refractivity (Wildman–Crippen MR) is 87.0 cm³/mol. The third-order valence-corrected chi connectivity index (χ3v) is 3.64. The molecule has 0 aliphatic rings. The highest BCUT2D eigenvalue weighted by Gasteiger charge is 1.93. The molecule has 0 heterocycles. The van der Waals surface area contributed by atoms with Crippen molar-refractivity contribution in [2.75, 3.05) is 0 Å². The first-order valence-corrected chi connectivity index (χ1v) is 7.03. The summed E-state index contributed by atoms with van der Waals surface area (Å²) in [7, 11) is 0. The summed E-state index contributed by atoms with van der Waals surface area (Å²) in [6.45, 7) is 0. The van der Waals surface area contributed by atoms with Gasteiger partial charge in [0.15, 0.2) is 0 Å². The number of fused-ring (bicyclic) bond motifs is 1. The molecule has 0 atom stereocenters. The summed E-state index contributed by atoms with van der Waals surface area (Å²) < 4.78 is 1.11. The summed E-state index contributed by atoms with van der Waals surface area (Å²) >= 11 is 3.44. The van der Waals surface area contributed by atoms with Gasteiger partial charge < -0.3 is 0 Å². The van der Waals surface area contributed by atoms with Gasteiger partial charge in [0.05, 0.1) is 0 Å². The standard InChI is InChI=1S/C18H13Br/c19-18-11-8-14(9-12-18)5-6-15-7-10-16-3-1-2-4-17(16)13-15/h1-13H. The Bertz CT molecular complexity index is 724. The number of rotatable bonds is 2. The highest BCUT2D eigenvalue weighted by atomic mass is 79.9. The van der Waals surface area contributed by atoms with Crippen LogP contribution in [0.3, 0.4) is 0 Å². The van der Waals surface area contributed by atoms with E-state index in [-0.39, 0.29) is 0 Å². The second-order valence-corrected chi connectivity index (χ2v) is 5.41. The summed E-state index contributed by atoms with van der Waals surface area (Å²) in [5.41, 5.74) is 2.43. The van der Waals surface area contributed by atoms with Gasteiger partial charge in [-0.1, -0.05) is 76.6 Å². The Morgan fingerprint density at radius 1 is 0.632 bits per heavy atom. The Kier molecular flexibility index (Phi) is 3.47. The third kappa shape index (κ3) is 2.94. The number of halogens is 1. The molecule has 0 aliphatic heterocycles. The van der Waals surface area contributed by atoms with Crippen LogP contribution in [0.15, 0.2) is 71.2 Å². The average Bonchev–Trinajstić information content (AvgIpc) is 2.46. The molecule has 0 unspecified atom stereocenters. The molecule has 0 aromatic heterocycles. The molecule has 0 N–H and O–H groups in total. The van der Waals surface area contributed by atoms with E-state index in [0.717, 1.165) is 4.47 Å². The van der Waals surface area contributed by atoms with Gasteiger partial charge in [-0.3, -0.25) is 0 Å². The predicted octanol–water partition coefficient (Wildman–Crippen LogP) is 5.77. The molecular weight excluding hydrogens is 296 g/mol. The minimum absolute atomic E-state index is 1.11. The number of benzene rings is 3. The highest BCUT2D eigenvalue weighted by molar-refractivity contribution is 9.10. The molecule has 3 rings (SSSR count). The van der Waals surface area contributed by atoms with Gasteiger partial charge in [-0.05, 0) is 40.1 Å². The van der Waals surface area contributed by atoms with Crippen molar-refractivity contribution < 1.29 is 0 Å². The van der Waals surface area contributed by atoms with E-state index in [1.807, 2.05) is 0 Å². The van der Waals surface area contributed by atoms with Gasteiger partial charge in [0.2, 0.25) is 0 Å². The molecule has 0 bridgehead atoms. The van der Waals surface area contributed by atoms with Crippen molar-refractivity contribution in [1.82, 2.24) is 0 Å². The number of hydrogen-bond acceptors (Lipinski definition) is 0. The Balaban J connectivity index is 1.90. The van der Waals surface area contributed by atoms with Crippen LogP contribution >= 0.6 is 15.9 Å². The normalized spacial score (nSPS) is 11.2. The van der Waals surface area contributed by atoms with Crippen molar-refractivity contribution in [2.45, 2.75) is 0 Å². The van der Waals surface area contributed by atoms with Crippen molar-refractivity contribution in [3.8, 4) is 0 Å². The van der Waals surface area contributed by atoms with Gasteiger partial charge in [0.1, 0.15) is 0 Å². The van der Waals surface area contributed by atoms with E-state index in [1.165, 1.54) is 21.9 Å². The fourth-order valence-electron chi connectivity index (χ4n) is 2.08. The second-order valence-electron chi connectivity index (χ2n) is 4.49. The fraction of sp³-hybridized carbons (Fsp3) is 0. The summed E-state index contributed by atoms with van der Waals surface area (Å²) in [5.74, 6) is 0. The van der Waals surface area contributed by atoms with Crippen LogP contribution < -0.4 is 0 Å². The molecule has 0 amide bonds. The quantitative estimate of drug-likeness (QED) is 0.527. The minimum atomic E-state index is 1.11. The van der Waals surface area contributed by atoms with Crippen LogP contribution in [0.25, 0.3) is 22.9 Å². The molecule has 19 heavy (non-hydrogen) atoms. The Labute approximate surface area is 121 Å². The van der Waals surface area contributed by atoms with Crippen LogP contribution in [-0.4, -0.2) is 0 Å². The van der Waals surface area contributed by atoms with Gasteiger partial charge >= 0.3 is 0 Å². The van der Waals surface area contributed by atoms with Crippen molar-refractivity contribution in [3.05, 3.63) is 82.3 Å². The van der Waals surface area contributed by atoms with Crippen molar-refractivity contribution in [1.29, 1.82) is 0 Å². The molecule has 0 radical (unpaired) electrons. The monoisotopic (exact) mass is 308 g/mol.